The number of anilines is 1. The Bertz CT molecular complexity index is 648. The normalized spacial score (nSPS) is 22.4. The molecule has 3 heterocycles. The van der Waals surface area contributed by atoms with E-state index in [1.165, 1.54) is 4.90 Å². The van der Waals surface area contributed by atoms with E-state index in [-0.39, 0.29) is 42.5 Å². The first-order valence-electron chi connectivity index (χ1n) is 7.39. The Balaban J connectivity index is 0.00000208. The minimum atomic E-state index is -1.73. The van der Waals surface area contributed by atoms with Gasteiger partial charge in [0.05, 0.1) is 32.5 Å². The van der Waals surface area contributed by atoms with Crippen molar-refractivity contribution in [2.45, 2.75) is 12.3 Å². The topological polar surface area (TPSA) is 119 Å². The lowest BCUT2D eigenvalue weighted by Gasteiger charge is -2.34. The number of aromatic nitrogens is 2. The minimum Gasteiger partial charge on any atom is -1.00 e. The zero-order chi connectivity index (χ0) is 16.3. The van der Waals surface area contributed by atoms with Gasteiger partial charge in [0.15, 0.2) is 0 Å². The molecule has 130 valence electrons. The first-order chi connectivity index (χ1) is 11.2. The van der Waals surface area contributed by atoms with E-state index in [4.69, 9.17) is 10.3 Å². The van der Waals surface area contributed by atoms with Gasteiger partial charge in [-0.05, 0) is 5.53 Å². The Morgan fingerprint density at radius 3 is 3.00 bits per heavy atom. The Hall–Kier alpha value is -1.94. The zero-order valence-electron chi connectivity index (χ0n) is 13.0. The summed E-state index contributed by atoms with van der Waals surface area (Å²) in [4.78, 5) is 22.9. The average molecular weight is 400 g/mol. The van der Waals surface area contributed by atoms with E-state index in [0.717, 1.165) is 0 Å². The van der Waals surface area contributed by atoms with Crippen molar-refractivity contribution >= 4 is 11.9 Å². The fourth-order valence-electron chi connectivity index (χ4n) is 2.91. The second kappa shape index (κ2) is 7.75. The van der Waals surface area contributed by atoms with Gasteiger partial charge >= 0.3 is 5.95 Å². The summed E-state index contributed by atoms with van der Waals surface area (Å²) in [6.45, 7) is 2.22. The molecule has 1 unspecified atom stereocenters. The molecule has 0 spiro atoms. The highest BCUT2D eigenvalue weighted by Gasteiger charge is 2.57. The highest BCUT2D eigenvalue weighted by atomic mass is 79.9. The van der Waals surface area contributed by atoms with Crippen molar-refractivity contribution in [2.24, 2.45) is 5.11 Å². The second-order valence-corrected chi connectivity index (χ2v) is 5.37. The van der Waals surface area contributed by atoms with E-state index >= 15 is 0 Å². The van der Waals surface area contributed by atoms with Gasteiger partial charge in [0, 0.05) is 24.1 Å². The van der Waals surface area contributed by atoms with Gasteiger partial charge in [-0.2, -0.15) is 0 Å². The first kappa shape index (κ1) is 18.4. The summed E-state index contributed by atoms with van der Waals surface area (Å²) >= 11 is 0. The van der Waals surface area contributed by atoms with Gasteiger partial charge in [0.1, 0.15) is 12.7 Å². The molecule has 0 radical (unpaired) electrons. The Morgan fingerprint density at radius 1 is 1.54 bits per heavy atom. The van der Waals surface area contributed by atoms with Crippen LogP contribution in [0.5, 0.6) is 0 Å². The van der Waals surface area contributed by atoms with Crippen LogP contribution in [0.15, 0.2) is 23.6 Å². The molecule has 1 amide bonds. The van der Waals surface area contributed by atoms with E-state index in [2.05, 4.69) is 15.0 Å². The molecule has 1 aromatic rings. The van der Waals surface area contributed by atoms with Crippen molar-refractivity contribution in [1.82, 2.24) is 9.88 Å². The maximum Gasteiger partial charge on any atom is 0.396 e. The van der Waals surface area contributed by atoms with Gasteiger partial charge in [-0.25, -0.2) is 9.47 Å². The van der Waals surface area contributed by atoms with Gasteiger partial charge < -0.3 is 31.7 Å². The number of carbonyl (C=O) groups is 1. The third-order valence-corrected chi connectivity index (χ3v) is 4.01. The summed E-state index contributed by atoms with van der Waals surface area (Å²) in [5.41, 5.74) is 6.71. The fourth-order valence-corrected chi connectivity index (χ4v) is 2.91. The molecular formula is C13H18BrN7O3. The van der Waals surface area contributed by atoms with Crippen molar-refractivity contribution in [2.75, 3.05) is 44.3 Å². The molecule has 11 heteroatoms. The van der Waals surface area contributed by atoms with Crippen LogP contribution < -0.4 is 26.4 Å². The number of halogens is 1. The number of hydrogen-bond donors (Lipinski definition) is 1. The molecule has 1 atom stereocenters. The van der Waals surface area contributed by atoms with Crippen molar-refractivity contribution in [1.29, 1.82) is 0 Å². The van der Waals surface area contributed by atoms with Gasteiger partial charge in [0.2, 0.25) is 0 Å². The molecule has 3 rings (SSSR count). The van der Waals surface area contributed by atoms with Crippen molar-refractivity contribution in [3.05, 3.63) is 28.9 Å². The van der Waals surface area contributed by atoms with Crippen LogP contribution in [-0.4, -0.2) is 66.0 Å². The summed E-state index contributed by atoms with van der Waals surface area (Å²) in [6, 6.07) is 1.74. The zero-order valence-corrected chi connectivity index (χ0v) is 14.5. The molecule has 1 aromatic heterocycles. The molecule has 1 saturated heterocycles. The van der Waals surface area contributed by atoms with Gasteiger partial charge in [-0.1, -0.05) is 10.1 Å². The van der Waals surface area contributed by atoms with E-state index in [0.29, 0.717) is 32.3 Å². The van der Waals surface area contributed by atoms with Gasteiger partial charge in [-0.15, -0.1) is 0 Å². The summed E-state index contributed by atoms with van der Waals surface area (Å²) < 4.78 is 6.97. The summed E-state index contributed by atoms with van der Waals surface area (Å²) in [5.74, 6) is 0.0944. The maximum absolute atomic E-state index is 12.9. The van der Waals surface area contributed by atoms with Crippen LogP contribution in [0.25, 0.3) is 10.4 Å². The number of hydrogen-bond acceptors (Lipinski definition) is 6. The fraction of sp³-hybridized carbons (Fsp3) is 0.615. The highest BCUT2D eigenvalue weighted by Crippen LogP contribution is 2.26. The molecular weight excluding hydrogens is 382 g/mol. The number of rotatable bonds is 4. The summed E-state index contributed by atoms with van der Waals surface area (Å²) in [6.07, 6.45) is 3.35. The molecule has 1 fully saturated rings. The predicted octanol–water partition coefficient (Wildman–Crippen LogP) is -3.95. The van der Waals surface area contributed by atoms with Gasteiger partial charge in [0.25, 0.3) is 11.6 Å². The molecule has 0 aliphatic carbocycles. The van der Waals surface area contributed by atoms with E-state index in [1.54, 1.807) is 27.9 Å². The largest absolute Gasteiger partial charge is 1.00 e. The number of nitrogens with zero attached hydrogens (tertiary/aromatic N) is 7. The van der Waals surface area contributed by atoms with Crippen molar-refractivity contribution in [3.63, 3.8) is 0 Å². The van der Waals surface area contributed by atoms with Crippen LogP contribution in [0.3, 0.4) is 0 Å². The second-order valence-electron chi connectivity index (χ2n) is 5.37. The van der Waals surface area contributed by atoms with Crippen LogP contribution in [0, 0.1) is 0 Å². The first-order valence-corrected chi connectivity index (χ1v) is 7.39. The highest BCUT2D eigenvalue weighted by molar-refractivity contribution is 5.88. The molecule has 0 aromatic carbocycles. The van der Waals surface area contributed by atoms with Crippen molar-refractivity contribution < 1.29 is 36.2 Å². The number of ether oxygens (including phenoxy) is 1. The quantitative estimate of drug-likeness (QED) is 0.240. The third-order valence-electron chi connectivity index (χ3n) is 4.01. The number of azide groups is 1. The lowest BCUT2D eigenvalue weighted by molar-refractivity contribution is -0.682. The lowest BCUT2D eigenvalue weighted by atomic mass is 10.1. The molecule has 2 aliphatic rings. The average Bonchev–Trinajstić information content (AvgIpc) is 2.88. The predicted molar refractivity (Wildman–Crippen MR) is 78.1 cm³/mol. The van der Waals surface area contributed by atoms with E-state index < -0.39 is 5.72 Å². The molecule has 0 bridgehead atoms. The number of aliphatic hydroxyl groups is 1. The molecule has 24 heavy (non-hydrogen) atoms. The number of morpholine rings is 1. The number of amides is 1. The molecule has 0 saturated carbocycles. The maximum atomic E-state index is 12.9. The Labute approximate surface area is 149 Å². The molecule has 2 aliphatic heterocycles. The minimum absolute atomic E-state index is 0. The van der Waals surface area contributed by atoms with E-state index in [9.17, 15) is 9.90 Å². The summed E-state index contributed by atoms with van der Waals surface area (Å²) in [7, 11) is 0. The SMILES string of the molecule is [Br-].[N-]=[N+]=NCCN1c2nccc[n+]2CC1(O)C(=O)N1CCOCC1. The monoisotopic (exact) mass is 399 g/mol. The molecule has 1 N–H and O–H groups in total. The summed E-state index contributed by atoms with van der Waals surface area (Å²) in [5, 5.41) is 14.6. The van der Waals surface area contributed by atoms with Gasteiger partial charge in [-0.3, -0.25) is 4.79 Å². The van der Waals surface area contributed by atoms with Crippen LogP contribution in [0.4, 0.5) is 5.95 Å². The Morgan fingerprint density at radius 2 is 2.29 bits per heavy atom. The molecule has 10 nitrogen and oxygen atoms in total. The number of carbonyl (C=O) groups excluding carboxylic acids is 1. The number of fused-ring (bicyclic) bond motifs is 1. The van der Waals surface area contributed by atoms with Crippen LogP contribution >= 0.6 is 0 Å². The Kier molecular flexibility index (Phi) is 5.94. The van der Waals surface area contributed by atoms with Crippen LogP contribution in [-0.2, 0) is 16.1 Å². The van der Waals surface area contributed by atoms with Crippen LogP contribution in [0.2, 0.25) is 0 Å². The smallest absolute Gasteiger partial charge is 0.396 e. The standard InChI is InChI=1S/C13H18N7O3.BrH/c14-17-16-3-5-20-12-15-2-1-4-19(12)10-13(20,22)11(21)18-6-8-23-9-7-18;/h1-2,4,22H,3,5-10H2;1H/q+1;/p-1. The van der Waals surface area contributed by atoms with Crippen LogP contribution in [0.1, 0.15) is 0 Å². The lowest BCUT2D eigenvalue weighted by Crippen LogP contribution is -3.00. The van der Waals surface area contributed by atoms with Crippen molar-refractivity contribution in [3.8, 4) is 0 Å². The third kappa shape index (κ3) is 3.29. The van der Waals surface area contributed by atoms with E-state index in [1.807, 2.05) is 0 Å².